The third-order valence-corrected chi connectivity index (χ3v) is 2.25. The molecule has 1 aromatic carbocycles. The lowest BCUT2D eigenvalue weighted by Crippen LogP contribution is -2.07. The molecule has 0 aliphatic rings. The van der Waals surface area contributed by atoms with E-state index in [-0.39, 0.29) is 17.2 Å². The fourth-order valence-corrected chi connectivity index (χ4v) is 1.36. The molecule has 1 rings (SSSR count). The number of hydrogen-bond acceptors (Lipinski definition) is 3. The lowest BCUT2D eigenvalue weighted by Gasteiger charge is -2.03. The average Bonchev–Trinajstić information content (AvgIpc) is 2.31. The van der Waals surface area contributed by atoms with Crippen LogP contribution in [0, 0.1) is 11.3 Å². The van der Waals surface area contributed by atoms with E-state index < -0.39 is 5.97 Å². The summed E-state index contributed by atoms with van der Waals surface area (Å²) in [5.74, 6) is -0.696. The van der Waals surface area contributed by atoms with Gasteiger partial charge in [-0.15, -0.1) is 0 Å². The third-order valence-electron chi connectivity index (χ3n) is 1.84. The Morgan fingerprint density at radius 1 is 1.44 bits per heavy atom. The minimum Gasteiger partial charge on any atom is -0.462 e. The number of rotatable bonds is 3. The predicted octanol–water partition coefficient (Wildman–Crippen LogP) is 2.72. The van der Waals surface area contributed by atoms with Crippen LogP contribution in [0.15, 0.2) is 35.9 Å². The number of halogens is 1. The molecule has 0 aliphatic carbocycles. The number of benzene rings is 1. The highest BCUT2D eigenvalue weighted by molar-refractivity contribution is 6.51. The van der Waals surface area contributed by atoms with Gasteiger partial charge in [0.2, 0.25) is 0 Å². The van der Waals surface area contributed by atoms with Crippen LogP contribution < -0.4 is 0 Å². The van der Waals surface area contributed by atoms with Crippen molar-refractivity contribution in [1.29, 1.82) is 5.26 Å². The monoisotopic (exact) mass is 235 g/mol. The molecule has 0 aliphatic heterocycles. The number of esters is 1. The summed E-state index contributed by atoms with van der Waals surface area (Å²) in [6.07, 6.45) is 0. The second-order valence-corrected chi connectivity index (χ2v) is 3.27. The van der Waals surface area contributed by atoms with Gasteiger partial charge in [-0.05, 0) is 12.5 Å². The molecule has 0 N–H and O–H groups in total. The SMILES string of the molecule is CCOC(=O)/C(C#N)=C(\Cl)c1ccccc1. The van der Waals surface area contributed by atoms with Gasteiger partial charge in [0.1, 0.15) is 6.07 Å². The van der Waals surface area contributed by atoms with Crippen LogP contribution in [0.25, 0.3) is 5.03 Å². The number of nitrogens with zero attached hydrogens (tertiary/aromatic N) is 1. The van der Waals surface area contributed by atoms with E-state index in [0.717, 1.165) is 0 Å². The Labute approximate surface area is 98.9 Å². The Hall–Kier alpha value is -1.79. The predicted molar refractivity (Wildman–Crippen MR) is 61.5 cm³/mol. The molecular formula is C12H10ClNO2. The van der Waals surface area contributed by atoms with Crippen molar-refractivity contribution in [2.24, 2.45) is 0 Å². The number of carbonyl (C=O) groups excluding carboxylic acids is 1. The van der Waals surface area contributed by atoms with Gasteiger partial charge in [-0.25, -0.2) is 4.79 Å². The smallest absolute Gasteiger partial charge is 0.350 e. The standard InChI is InChI=1S/C12H10ClNO2/c1-2-16-12(15)10(8-14)11(13)9-6-4-3-5-7-9/h3-7H,2H2,1H3/b11-10-. The molecule has 16 heavy (non-hydrogen) atoms. The van der Waals surface area contributed by atoms with E-state index in [0.29, 0.717) is 5.56 Å². The minimum atomic E-state index is -0.696. The molecule has 0 fully saturated rings. The zero-order chi connectivity index (χ0) is 12.0. The second-order valence-electron chi connectivity index (χ2n) is 2.89. The molecule has 0 radical (unpaired) electrons. The fourth-order valence-electron chi connectivity index (χ4n) is 1.12. The van der Waals surface area contributed by atoms with Gasteiger partial charge in [-0.3, -0.25) is 0 Å². The molecule has 0 amide bonds. The topological polar surface area (TPSA) is 50.1 Å². The maximum absolute atomic E-state index is 11.4. The van der Waals surface area contributed by atoms with Gasteiger partial charge in [-0.2, -0.15) is 5.26 Å². The van der Waals surface area contributed by atoms with E-state index in [1.807, 2.05) is 6.07 Å². The number of carbonyl (C=O) groups is 1. The molecule has 82 valence electrons. The fraction of sp³-hybridized carbons (Fsp3) is 0.167. The van der Waals surface area contributed by atoms with Gasteiger partial charge in [0.15, 0.2) is 5.57 Å². The summed E-state index contributed by atoms with van der Waals surface area (Å²) in [4.78, 5) is 11.4. The van der Waals surface area contributed by atoms with Crippen molar-refractivity contribution in [1.82, 2.24) is 0 Å². The molecule has 3 nitrogen and oxygen atoms in total. The highest BCUT2D eigenvalue weighted by Crippen LogP contribution is 2.23. The Kier molecular flexibility index (Phi) is 4.56. The zero-order valence-electron chi connectivity index (χ0n) is 8.74. The van der Waals surface area contributed by atoms with Gasteiger partial charge in [0.25, 0.3) is 0 Å². The summed E-state index contributed by atoms with van der Waals surface area (Å²) in [7, 11) is 0. The molecule has 0 atom stereocenters. The largest absolute Gasteiger partial charge is 0.462 e. The van der Waals surface area contributed by atoms with Crippen molar-refractivity contribution in [3.8, 4) is 6.07 Å². The Morgan fingerprint density at radius 2 is 2.06 bits per heavy atom. The Bertz CT molecular complexity index is 446. The van der Waals surface area contributed by atoms with Crippen LogP contribution in [0.2, 0.25) is 0 Å². The zero-order valence-corrected chi connectivity index (χ0v) is 9.49. The molecule has 0 bridgehead atoms. The summed E-state index contributed by atoms with van der Waals surface area (Å²) in [6, 6.07) is 10.6. The van der Waals surface area contributed by atoms with Crippen molar-refractivity contribution in [2.45, 2.75) is 6.92 Å². The first-order chi connectivity index (χ1) is 7.70. The molecule has 0 saturated carbocycles. The van der Waals surface area contributed by atoms with Crippen LogP contribution in [-0.4, -0.2) is 12.6 Å². The van der Waals surface area contributed by atoms with Gasteiger partial charge in [0, 0.05) is 0 Å². The van der Waals surface area contributed by atoms with Crippen LogP contribution >= 0.6 is 11.6 Å². The minimum absolute atomic E-state index is 0.113. The second kappa shape index (κ2) is 5.94. The molecule has 0 aromatic heterocycles. The van der Waals surface area contributed by atoms with Gasteiger partial charge >= 0.3 is 5.97 Å². The first-order valence-electron chi connectivity index (χ1n) is 4.73. The van der Waals surface area contributed by atoms with Crippen molar-refractivity contribution < 1.29 is 9.53 Å². The molecule has 0 unspecified atom stereocenters. The Balaban J connectivity index is 3.11. The number of hydrogen-bond donors (Lipinski definition) is 0. The van der Waals surface area contributed by atoms with Crippen LogP contribution in [0.3, 0.4) is 0 Å². The van der Waals surface area contributed by atoms with E-state index in [1.54, 1.807) is 37.3 Å². The first kappa shape index (κ1) is 12.3. The van der Waals surface area contributed by atoms with Crippen molar-refractivity contribution in [2.75, 3.05) is 6.61 Å². The summed E-state index contributed by atoms with van der Waals surface area (Å²) in [6.45, 7) is 1.88. The van der Waals surface area contributed by atoms with Crippen LogP contribution in [0.4, 0.5) is 0 Å². The summed E-state index contributed by atoms with van der Waals surface area (Å²) >= 11 is 5.96. The molecule has 0 saturated heterocycles. The average molecular weight is 236 g/mol. The molecule has 0 spiro atoms. The van der Waals surface area contributed by atoms with E-state index >= 15 is 0 Å². The normalized spacial score (nSPS) is 11.3. The maximum Gasteiger partial charge on any atom is 0.350 e. The summed E-state index contributed by atoms with van der Waals surface area (Å²) < 4.78 is 4.73. The summed E-state index contributed by atoms with van der Waals surface area (Å²) in [5.41, 5.74) is 0.448. The van der Waals surface area contributed by atoms with E-state index in [1.165, 1.54) is 0 Å². The molecular weight excluding hydrogens is 226 g/mol. The summed E-state index contributed by atoms with van der Waals surface area (Å²) in [5, 5.41) is 8.97. The van der Waals surface area contributed by atoms with Gasteiger partial charge in [0.05, 0.1) is 11.6 Å². The van der Waals surface area contributed by atoms with Crippen molar-refractivity contribution >= 4 is 22.6 Å². The van der Waals surface area contributed by atoms with Crippen LogP contribution in [-0.2, 0) is 9.53 Å². The maximum atomic E-state index is 11.4. The number of nitriles is 1. The van der Waals surface area contributed by atoms with Gasteiger partial charge in [-0.1, -0.05) is 41.9 Å². The molecule has 4 heteroatoms. The third kappa shape index (κ3) is 2.85. The highest BCUT2D eigenvalue weighted by Gasteiger charge is 2.16. The number of ether oxygens (including phenoxy) is 1. The van der Waals surface area contributed by atoms with E-state index in [4.69, 9.17) is 21.6 Å². The first-order valence-corrected chi connectivity index (χ1v) is 5.11. The van der Waals surface area contributed by atoms with Crippen LogP contribution in [0.5, 0.6) is 0 Å². The lowest BCUT2D eigenvalue weighted by molar-refractivity contribution is -0.137. The lowest BCUT2D eigenvalue weighted by atomic mass is 10.1. The van der Waals surface area contributed by atoms with E-state index in [2.05, 4.69) is 0 Å². The van der Waals surface area contributed by atoms with Gasteiger partial charge < -0.3 is 4.74 Å². The quantitative estimate of drug-likeness (QED) is 0.460. The van der Waals surface area contributed by atoms with E-state index in [9.17, 15) is 4.79 Å². The Morgan fingerprint density at radius 3 is 2.56 bits per heavy atom. The molecule has 1 aromatic rings. The van der Waals surface area contributed by atoms with Crippen molar-refractivity contribution in [3.05, 3.63) is 41.5 Å². The van der Waals surface area contributed by atoms with Crippen molar-refractivity contribution in [3.63, 3.8) is 0 Å². The highest BCUT2D eigenvalue weighted by atomic mass is 35.5. The molecule has 0 heterocycles. The van der Waals surface area contributed by atoms with Crippen LogP contribution in [0.1, 0.15) is 12.5 Å².